The number of rotatable bonds is 0. The summed E-state index contributed by atoms with van der Waals surface area (Å²) in [6, 6.07) is 40.1. The summed E-state index contributed by atoms with van der Waals surface area (Å²) < 4.78 is 0. The fourth-order valence-corrected chi connectivity index (χ4v) is 5.81. The maximum atomic E-state index is 2.44. The quantitative estimate of drug-likeness (QED) is 0.252. The molecule has 5 aromatic carbocycles. The molecular weight excluding hydrogens is 372 g/mol. The summed E-state index contributed by atoms with van der Waals surface area (Å²) in [5.41, 5.74) is 10.4. The Labute approximate surface area is 182 Å². The maximum absolute atomic E-state index is 2.44. The standard InChI is InChI=1S/C31H20/c1-2-10-22-21(9-1)17-18-30-27(22)19-20-31(30)28-15-7-5-13-25(28)23-11-3-4-12-24(23)26-14-6-8-16-29(26)31/h1-20H. The first-order valence-electron chi connectivity index (χ1n) is 10.9. The van der Waals surface area contributed by atoms with Crippen LogP contribution in [0.15, 0.2) is 115 Å². The van der Waals surface area contributed by atoms with Gasteiger partial charge < -0.3 is 0 Å². The molecule has 0 saturated carbocycles. The van der Waals surface area contributed by atoms with Crippen LogP contribution in [0.25, 0.3) is 39.1 Å². The van der Waals surface area contributed by atoms with Crippen LogP contribution in [0.2, 0.25) is 0 Å². The Bertz CT molecular complexity index is 1470. The van der Waals surface area contributed by atoms with Crippen LogP contribution in [-0.4, -0.2) is 0 Å². The molecule has 0 nitrogen and oxygen atoms in total. The summed E-state index contributed by atoms with van der Waals surface area (Å²) in [5, 5.41) is 2.62. The molecule has 0 saturated heterocycles. The van der Waals surface area contributed by atoms with E-state index in [-0.39, 0.29) is 5.41 Å². The lowest BCUT2D eigenvalue weighted by atomic mass is 9.69. The molecule has 7 rings (SSSR count). The van der Waals surface area contributed by atoms with Crippen molar-refractivity contribution in [2.75, 3.05) is 0 Å². The van der Waals surface area contributed by atoms with E-state index in [1.807, 2.05) is 0 Å². The third-order valence-electron chi connectivity index (χ3n) is 7.11. The van der Waals surface area contributed by atoms with E-state index in [0.29, 0.717) is 0 Å². The van der Waals surface area contributed by atoms with Crippen molar-refractivity contribution < 1.29 is 0 Å². The van der Waals surface area contributed by atoms with Crippen LogP contribution >= 0.6 is 0 Å². The highest BCUT2D eigenvalue weighted by Gasteiger charge is 2.43. The molecule has 2 aliphatic rings. The molecule has 5 aromatic rings. The Hall–Kier alpha value is -3.90. The van der Waals surface area contributed by atoms with Crippen LogP contribution in [0.4, 0.5) is 0 Å². The first-order valence-corrected chi connectivity index (χ1v) is 10.9. The van der Waals surface area contributed by atoms with Gasteiger partial charge >= 0.3 is 0 Å². The maximum Gasteiger partial charge on any atom is 0.0653 e. The molecule has 0 N–H and O–H groups in total. The highest BCUT2D eigenvalue weighted by molar-refractivity contribution is 5.99. The monoisotopic (exact) mass is 392 g/mol. The Morgan fingerprint density at radius 2 is 0.968 bits per heavy atom. The molecule has 0 heterocycles. The van der Waals surface area contributed by atoms with Crippen molar-refractivity contribution in [3.8, 4) is 22.3 Å². The van der Waals surface area contributed by atoms with E-state index in [1.165, 1.54) is 55.3 Å². The number of benzene rings is 5. The summed E-state index contributed by atoms with van der Waals surface area (Å²) in [6.45, 7) is 0. The second-order valence-corrected chi connectivity index (χ2v) is 8.53. The van der Waals surface area contributed by atoms with Gasteiger partial charge in [-0.2, -0.15) is 0 Å². The third kappa shape index (κ3) is 2.09. The fraction of sp³-hybridized carbons (Fsp3) is 0.0323. The zero-order chi connectivity index (χ0) is 20.4. The normalized spacial score (nSPS) is 14.6. The van der Waals surface area contributed by atoms with E-state index in [4.69, 9.17) is 0 Å². The number of hydrogen-bond acceptors (Lipinski definition) is 0. The average molecular weight is 393 g/mol. The Kier molecular flexibility index (Phi) is 3.29. The van der Waals surface area contributed by atoms with Gasteiger partial charge in [0.15, 0.2) is 0 Å². The predicted octanol–water partition coefficient (Wildman–Crippen LogP) is 7.85. The van der Waals surface area contributed by atoms with Gasteiger partial charge in [-0.15, -0.1) is 0 Å². The molecule has 0 radical (unpaired) electrons. The summed E-state index contributed by atoms with van der Waals surface area (Å²) in [4.78, 5) is 0. The lowest BCUT2D eigenvalue weighted by Gasteiger charge is -2.33. The summed E-state index contributed by atoms with van der Waals surface area (Å²) in [5.74, 6) is 0. The SMILES string of the molecule is C1=CC2(c3ccccc3-c3ccccc3-c3ccccc32)c2ccc3ccccc3c21. The molecule has 0 aliphatic heterocycles. The largest absolute Gasteiger partial charge is 0.0653 e. The molecule has 2 aliphatic carbocycles. The molecule has 0 fully saturated rings. The molecule has 0 heteroatoms. The van der Waals surface area contributed by atoms with Crippen LogP contribution in [0.1, 0.15) is 22.3 Å². The van der Waals surface area contributed by atoms with Crippen molar-refractivity contribution in [3.05, 3.63) is 138 Å². The van der Waals surface area contributed by atoms with Gasteiger partial charge in [0.1, 0.15) is 0 Å². The van der Waals surface area contributed by atoms with Crippen molar-refractivity contribution in [3.63, 3.8) is 0 Å². The molecule has 1 spiro atoms. The zero-order valence-corrected chi connectivity index (χ0v) is 17.0. The summed E-state index contributed by atoms with van der Waals surface area (Å²) in [7, 11) is 0. The van der Waals surface area contributed by atoms with E-state index < -0.39 is 0 Å². The van der Waals surface area contributed by atoms with E-state index in [0.717, 1.165) is 0 Å². The van der Waals surface area contributed by atoms with Gasteiger partial charge in [0.25, 0.3) is 0 Å². The van der Waals surface area contributed by atoms with Gasteiger partial charge in [-0.1, -0.05) is 121 Å². The van der Waals surface area contributed by atoms with Crippen molar-refractivity contribution in [1.82, 2.24) is 0 Å². The second-order valence-electron chi connectivity index (χ2n) is 8.53. The van der Waals surface area contributed by atoms with Crippen LogP contribution in [0.3, 0.4) is 0 Å². The van der Waals surface area contributed by atoms with Gasteiger partial charge in [0, 0.05) is 0 Å². The highest BCUT2D eigenvalue weighted by atomic mass is 14.4. The van der Waals surface area contributed by atoms with Gasteiger partial charge in [-0.3, -0.25) is 0 Å². The number of allylic oxidation sites excluding steroid dienone is 1. The Balaban J connectivity index is 1.69. The first kappa shape index (κ1) is 16.8. The van der Waals surface area contributed by atoms with Crippen LogP contribution in [0, 0.1) is 0 Å². The molecule has 31 heavy (non-hydrogen) atoms. The minimum absolute atomic E-state index is 0.300. The van der Waals surface area contributed by atoms with Crippen molar-refractivity contribution in [2.45, 2.75) is 5.41 Å². The molecule has 0 bridgehead atoms. The van der Waals surface area contributed by atoms with E-state index in [9.17, 15) is 0 Å². The van der Waals surface area contributed by atoms with E-state index in [1.54, 1.807) is 0 Å². The van der Waals surface area contributed by atoms with Crippen molar-refractivity contribution >= 4 is 16.8 Å². The Morgan fingerprint density at radius 3 is 1.65 bits per heavy atom. The highest BCUT2D eigenvalue weighted by Crippen LogP contribution is 2.56. The summed E-state index contributed by atoms with van der Waals surface area (Å²) in [6.07, 6.45) is 4.79. The van der Waals surface area contributed by atoms with Crippen LogP contribution < -0.4 is 0 Å². The van der Waals surface area contributed by atoms with Gasteiger partial charge in [-0.25, -0.2) is 0 Å². The molecule has 0 amide bonds. The predicted molar refractivity (Wildman–Crippen MR) is 130 cm³/mol. The fourth-order valence-electron chi connectivity index (χ4n) is 5.81. The molecule has 0 aromatic heterocycles. The number of hydrogen-bond donors (Lipinski definition) is 0. The minimum Gasteiger partial charge on any atom is -0.0645 e. The van der Waals surface area contributed by atoms with Gasteiger partial charge in [0.05, 0.1) is 5.41 Å². The average Bonchev–Trinajstić information content (AvgIpc) is 3.20. The lowest BCUT2D eigenvalue weighted by Crippen LogP contribution is -2.26. The first-order chi connectivity index (χ1) is 15.4. The van der Waals surface area contributed by atoms with Crippen LogP contribution in [0.5, 0.6) is 0 Å². The molecular formula is C31H20. The van der Waals surface area contributed by atoms with E-state index in [2.05, 4.69) is 121 Å². The van der Waals surface area contributed by atoms with Gasteiger partial charge in [-0.05, 0) is 55.3 Å². The topological polar surface area (TPSA) is 0 Å². The Morgan fingerprint density at radius 1 is 0.419 bits per heavy atom. The van der Waals surface area contributed by atoms with E-state index >= 15 is 0 Å². The number of fused-ring (bicyclic) bond motifs is 11. The zero-order valence-electron chi connectivity index (χ0n) is 17.0. The smallest absolute Gasteiger partial charge is 0.0645 e. The van der Waals surface area contributed by atoms with Crippen LogP contribution in [-0.2, 0) is 5.41 Å². The van der Waals surface area contributed by atoms with Crippen molar-refractivity contribution in [1.29, 1.82) is 0 Å². The van der Waals surface area contributed by atoms with Gasteiger partial charge in [0.2, 0.25) is 0 Å². The lowest BCUT2D eigenvalue weighted by molar-refractivity contribution is 0.803. The second kappa shape index (κ2) is 6.06. The van der Waals surface area contributed by atoms with Crippen molar-refractivity contribution in [2.24, 2.45) is 0 Å². The third-order valence-corrected chi connectivity index (χ3v) is 7.11. The molecule has 0 unspecified atom stereocenters. The molecule has 144 valence electrons. The minimum atomic E-state index is -0.300. The summed E-state index contributed by atoms with van der Waals surface area (Å²) >= 11 is 0. The molecule has 0 atom stereocenters.